The zero-order chi connectivity index (χ0) is 18.5. The third-order valence-corrected chi connectivity index (χ3v) is 4.94. The highest BCUT2D eigenvalue weighted by molar-refractivity contribution is 5.78. The quantitative estimate of drug-likeness (QED) is 0.855. The smallest absolute Gasteiger partial charge is 0.234 e. The number of methoxy groups -OCH3 is 1. The number of hydrogen-bond acceptors (Lipinski definition) is 3. The summed E-state index contributed by atoms with van der Waals surface area (Å²) < 4.78 is 18.4. The number of likely N-dealkylation sites (tertiary alicyclic amines) is 1. The van der Waals surface area contributed by atoms with Crippen LogP contribution in [0.4, 0.5) is 4.39 Å². The van der Waals surface area contributed by atoms with Crippen LogP contribution in [0.3, 0.4) is 0 Å². The summed E-state index contributed by atoms with van der Waals surface area (Å²) in [6.07, 6.45) is 2.11. The van der Waals surface area contributed by atoms with E-state index in [0.29, 0.717) is 6.54 Å². The van der Waals surface area contributed by atoms with Gasteiger partial charge in [-0.15, -0.1) is 0 Å². The van der Waals surface area contributed by atoms with Gasteiger partial charge >= 0.3 is 0 Å². The Bertz CT molecular complexity index is 748. The maximum atomic E-state index is 13.0. The van der Waals surface area contributed by atoms with Gasteiger partial charge in [-0.2, -0.15) is 0 Å². The van der Waals surface area contributed by atoms with Crippen molar-refractivity contribution in [1.82, 2.24) is 10.2 Å². The third-order valence-electron chi connectivity index (χ3n) is 4.94. The van der Waals surface area contributed by atoms with E-state index in [-0.39, 0.29) is 23.8 Å². The number of benzene rings is 2. The molecule has 5 heteroatoms. The second kappa shape index (κ2) is 8.32. The molecule has 1 saturated heterocycles. The van der Waals surface area contributed by atoms with Gasteiger partial charge in [0.1, 0.15) is 11.6 Å². The Morgan fingerprint density at radius 2 is 2.08 bits per heavy atom. The van der Waals surface area contributed by atoms with Crippen molar-refractivity contribution < 1.29 is 13.9 Å². The van der Waals surface area contributed by atoms with Crippen molar-refractivity contribution in [2.75, 3.05) is 20.2 Å². The fourth-order valence-electron chi connectivity index (χ4n) is 3.55. The van der Waals surface area contributed by atoms with E-state index in [4.69, 9.17) is 4.74 Å². The Morgan fingerprint density at radius 1 is 1.31 bits per heavy atom. The van der Waals surface area contributed by atoms with Crippen LogP contribution >= 0.6 is 0 Å². The second-order valence-corrected chi connectivity index (χ2v) is 6.75. The predicted molar refractivity (Wildman–Crippen MR) is 99.5 cm³/mol. The summed E-state index contributed by atoms with van der Waals surface area (Å²) in [7, 11) is 1.66. The van der Waals surface area contributed by atoms with E-state index in [1.165, 1.54) is 17.7 Å². The zero-order valence-corrected chi connectivity index (χ0v) is 15.2. The van der Waals surface area contributed by atoms with E-state index in [1.54, 1.807) is 19.2 Å². The minimum atomic E-state index is -0.273. The zero-order valence-electron chi connectivity index (χ0n) is 15.2. The molecular weight excluding hydrogens is 331 g/mol. The van der Waals surface area contributed by atoms with Gasteiger partial charge in [0.05, 0.1) is 19.7 Å². The third kappa shape index (κ3) is 4.41. The van der Waals surface area contributed by atoms with Crippen LogP contribution in [0.25, 0.3) is 0 Å². The molecule has 1 aliphatic rings. The van der Waals surface area contributed by atoms with Crippen LogP contribution in [-0.4, -0.2) is 31.0 Å². The molecule has 4 nitrogen and oxygen atoms in total. The van der Waals surface area contributed by atoms with Crippen molar-refractivity contribution >= 4 is 5.91 Å². The monoisotopic (exact) mass is 356 g/mol. The van der Waals surface area contributed by atoms with Gasteiger partial charge in [-0.25, -0.2) is 4.39 Å². The fraction of sp³-hybridized carbons (Fsp3) is 0.381. The number of carbonyl (C=O) groups is 1. The molecule has 0 bridgehead atoms. The molecule has 1 amide bonds. The summed E-state index contributed by atoms with van der Waals surface area (Å²) >= 11 is 0. The molecular formula is C21H25FN2O2. The lowest BCUT2D eigenvalue weighted by atomic mass is 10.0. The Balaban J connectivity index is 1.61. The average molecular weight is 356 g/mol. The Morgan fingerprint density at radius 3 is 2.81 bits per heavy atom. The van der Waals surface area contributed by atoms with Crippen LogP contribution in [0.2, 0.25) is 0 Å². The van der Waals surface area contributed by atoms with Gasteiger partial charge in [0, 0.05) is 6.04 Å². The summed E-state index contributed by atoms with van der Waals surface area (Å²) in [6, 6.07) is 14.4. The molecule has 2 atom stereocenters. The Hall–Kier alpha value is -2.40. The maximum Gasteiger partial charge on any atom is 0.234 e. The lowest BCUT2D eigenvalue weighted by Crippen LogP contribution is -2.38. The number of rotatable bonds is 6. The van der Waals surface area contributed by atoms with Crippen molar-refractivity contribution in [3.63, 3.8) is 0 Å². The minimum Gasteiger partial charge on any atom is -0.497 e. The number of nitrogens with zero attached hydrogens (tertiary/aromatic N) is 1. The number of carbonyl (C=O) groups excluding carboxylic acids is 1. The standard InChI is InChI=1S/C21H25FN2O2/c1-15(16-8-10-18(22)11-9-16)23-21(25)14-24-12-4-7-20(24)17-5-3-6-19(13-17)26-2/h3,5-6,8-11,13,15,20H,4,7,12,14H2,1-2H3,(H,23,25)/t15-,20+/m1/s1. The van der Waals surface area contributed by atoms with E-state index >= 15 is 0 Å². The minimum absolute atomic E-state index is 0.0170. The Kier molecular flexibility index (Phi) is 5.89. The molecule has 1 N–H and O–H groups in total. The number of nitrogens with one attached hydrogen (secondary N) is 1. The van der Waals surface area contributed by atoms with Crippen LogP contribution in [0, 0.1) is 5.82 Å². The normalized spacial score (nSPS) is 18.5. The highest BCUT2D eigenvalue weighted by Crippen LogP contribution is 2.33. The van der Waals surface area contributed by atoms with Gasteiger partial charge in [-0.3, -0.25) is 9.69 Å². The molecule has 1 aliphatic heterocycles. The molecule has 2 aromatic carbocycles. The first-order valence-electron chi connectivity index (χ1n) is 8.99. The molecule has 0 unspecified atom stereocenters. The SMILES string of the molecule is COc1cccc([C@@H]2CCCN2CC(=O)N[C@H](C)c2ccc(F)cc2)c1. The van der Waals surface area contributed by atoms with Crippen LogP contribution in [-0.2, 0) is 4.79 Å². The number of amides is 1. The first-order chi connectivity index (χ1) is 12.6. The molecule has 0 spiro atoms. The van der Waals surface area contributed by atoms with Crippen molar-refractivity contribution in [3.05, 3.63) is 65.5 Å². The molecule has 2 aromatic rings. The fourth-order valence-corrected chi connectivity index (χ4v) is 3.55. The van der Waals surface area contributed by atoms with Gasteiger partial charge < -0.3 is 10.1 Å². The average Bonchev–Trinajstić information content (AvgIpc) is 3.10. The maximum absolute atomic E-state index is 13.0. The van der Waals surface area contributed by atoms with E-state index in [2.05, 4.69) is 16.3 Å². The molecule has 0 saturated carbocycles. The van der Waals surface area contributed by atoms with Crippen molar-refractivity contribution in [2.45, 2.75) is 31.8 Å². The largest absolute Gasteiger partial charge is 0.497 e. The first kappa shape index (κ1) is 18.4. The number of hydrogen-bond donors (Lipinski definition) is 1. The van der Waals surface area contributed by atoms with Crippen molar-refractivity contribution in [1.29, 1.82) is 0 Å². The van der Waals surface area contributed by atoms with Crippen LogP contribution in [0.15, 0.2) is 48.5 Å². The molecule has 26 heavy (non-hydrogen) atoms. The summed E-state index contributed by atoms with van der Waals surface area (Å²) in [4.78, 5) is 14.7. The number of ether oxygens (including phenoxy) is 1. The summed E-state index contributed by atoms with van der Waals surface area (Å²) in [5, 5.41) is 3.01. The molecule has 3 rings (SSSR count). The van der Waals surface area contributed by atoms with E-state index < -0.39 is 0 Å². The summed E-state index contributed by atoms with van der Waals surface area (Å²) in [6.45, 7) is 3.17. The van der Waals surface area contributed by atoms with E-state index in [9.17, 15) is 9.18 Å². The van der Waals surface area contributed by atoms with E-state index in [0.717, 1.165) is 30.7 Å². The van der Waals surface area contributed by atoms with Crippen LogP contribution < -0.4 is 10.1 Å². The highest BCUT2D eigenvalue weighted by Gasteiger charge is 2.28. The van der Waals surface area contributed by atoms with Crippen molar-refractivity contribution in [3.8, 4) is 5.75 Å². The molecule has 0 aromatic heterocycles. The highest BCUT2D eigenvalue weighted by atomic mass is 19.1. The summed E-state index contributed by atoms with van der Waals surface area (Å²) in [5.41, 5.74) is 2.08. The molecule has 0 radical (unpaired) electrons. The molecule has 138 valence electrons. The van der Waals surface area contributed by atoms with Crippen LogP contribution in [0.1, 0.15) is 43.0 Å². The lowest BCUT2D eigenvalue weighted by molar-refractivity contribution is -0.123. The number of halogens is 1. The molecule has 1 fully saturated rings. The van der Waals surface area contributed by atoms with Gasteiger partial charge in [-0.05, 0) is 61.7 Å². The van der Waals surface area contributed by atoms with Gasteiger partial charge in [0.25, 0.3) is 0 Å². The first-order valence-corrected chi connectivity index (χ1v) is 8.99. The van der Waals surface area contributed by atoms with Crippen LogP contribution in [0.5, 0.6) is 5.75 Å². The topological polar surface area (TPSA) is 41.6 Å². The predicted octanol–water partition coefficient (Wildman–Crippen LogP) is 3.85. The van der Waals surface area contributed by atoms with Gasteiger partial charge in [0.15, 0.2) is 0 Å². The summed E-state index contributed by atoms with van der Waals surface area (Å²) in [5.74, 6) is 0.547. The van der Waals surface area contributed by atoms with Gasteiger partial charge in [-0.1, -0.05) is 24.3 Å². The van der Waals surface area contributed by atoms with Crippen molar-refractivity contribution in [2.24, 2.45) is 0 Å². The van der Waals surface area contributed by atoms with E-state index in [1.807, 2.05) is 25.1 Å². The molecule has 0 aliphatic carbocycles. The Labute approximate surface area is 154 Å². The molecule has 1 heterocycles. The second-order valence-electron chi connectivity index (χ2n) is 6.75. The lowest BCUT2D eigenvalue weighted by Gasteiger charge is -2.25. The van der Waals surface area contributed by atoms with Gasteiger partial charge in [0.2, 0.25) is 5.91 Å².